The van der Waals surface area contributed by atoms with Gasteiger partial charge in [0, 0.05) is 18.4 Å². The van der Waals surface area contributed by atoms with Crippen molar-refractivity contribution in [3.63, 3.8) is 0 Å². The van der Waals surface area contributed by atoms with Crippen molar-refractivity contribution in [3.8, 4) is 0 Å². The normalized spacial score (nSPS) is 13.5. The number of rotatable bonds is 6. The lowest BCUT2D eigenvalue weighted by molar-refractivity contribution is 0.0124. The van der Waals surface area contributed by atoms with Crippen LogP contribution in [0.2, 0.25) is 0 Å². The molecule has 0 fully saturated rings. The van der Waals surface area contributed by atoms with Gasteiger partial charge >= 0.3 is 0 Å². The SMILES string of the molecule is CC(=O)c1cccc(C(O)C(O)CCN=[N+]=[N-])n1. The van der Waals surface area contributed by atoms with Crippen LogP contribution in [0, 0.1) is 0 Å². The Labute approximate surface area is 104 Å². The smallest absolute Gasteiger partial charge is 0.178 e. The molecule has 0 amide bonds. The molecular weight excluding hydrogens is 236 g/mol. The minimum absolute atomic E-state index is 0.0845. The second-order valence-corrected chi connectivity index (χ2v) is 3.76. The van der Waals surface area contributed by atoms with Crippen molar-refractivity contribution in [2.45, 2.75) is 25.6 Å². The summed E-state index contributed by atoms with van der Waals surface area (Å²) in [7, 11) is 0. The first kappa shape index (κ1) is 14.1. The van der Waals surface area contributed by atoms with E-state index in [1.165, 1.54) is 19.1 Å². The van der Waals surface area contributed by atoms with E-state index in [0.29, 0.717) is 0 Å². The molecule has 96 valence electrons. The highest BCUT2D eigenvalue weighted by Crippen LogP contribution is 2.17. The number of carbonyl (C=O) groups excluding carboxylic acids is 1. The molecule has 2 unspecified atom stereocenters. The predicted molar refractivity (Wildman–Crippen MR) is 63.8 cm³/mol. The first-order valence-corrected chi connectivity index (χ1v) is 5.41. The van der Waals surface area contributed by atoms with Crippen molar-refractivity contribution in [1.29, 1.82) is 0 Å². The van der Waals surface area contributed by atoms with Gasteiger partial charge in [-0.05, 0) is 24.1 Å². The number of carbonyl (C=O) groups is 1. The van der Waals surface area contributed by atoms with Crippen LogP contribution in [0.25, 0.3) is 10.4 Å². The second kappa shape index (κ2) is 6.70. The van der Waals surface area contributed by atoms with Crippen LogP contribution in [0.5, 0.6) is 0 Å². The van der Waals surface area contributed by atoms with Gasteiger partial charge in [-0.2, -0.15) is 0 Å². The Bertz CT molecular complexity index is 471. The average Bonchev–Trinajstić information content (AvgIpc) is 2.38. The molecule has 7 nitrogen and oxygen atoms in total. The van der Waals surface area contributed by atoms with Crippen LogP contribution in [0.4, 0.5) is 0 Å². The van der Waals surface area contributed by atoms with E-state index in [2.05, 4.69) is 15.0 Å². The fraction of sp³-hybridized carbons (Fsp3) is 0.455. The van der Waals surface area contributed by atoms with E-state index in [4.69, 9.17) is 5.53 Å². The molecule has 1 aromatic heterocycles. The van der Waals surface area contributed by atoms with Gasteiger partial charge in [0.2, 0.25) is 0 Å². The number of hydrogen-bond donors (Lipinski definition) is 2. The summed E-state index contributed by atoms with van der Waals surface area (Å²) < 4.78 is 0. The Morgan fingerprint density at radius 1 is 1.56 bits per heavy atom. The molecule has 0 aliphatic rings. The quantitative estimate of drug-likeness (QED) is 0.343. The molecule has 2 N–H and O–H groups in total. The lowest BCUT2D eigenvalue weighted by Gasteiger charge is -2.16. The molecule has 0 saturated heterocycles. The van der Waals surface area contributed by atoms with E-state index in [0.717, 1.165) is 0 Å². The molecule has 1 heterocycles. The molecule has 0 aromatic carbocycles. The van der Waals surface area contributed by atoms with Gasteiger partial charge in [-0.3, -0.25) is 4.79 Å². The first-order chi connectivity index (χ1) is 8.56. The number of pyridine rings is 1. The van der Waals surface area contributed by atoms with Crippen LogP contribution in [0.15, 0.2) is 23.3 Å². The Morgan fingerprint density at radius 2 is 2.28 bits per heavy atom. The number of azide groups is 1. The van der Waals surface area contributed by atoms with Crippen molar-refractivity contribution < 1.29 is 15.0 Å². The van der Waals surface area contributed by atoms with Gasteiger partial charge in [0.1, 0.15) is 11.8 Å². The molecule has 7 heteroatoms. The first-order valence-electron chi connectivity index (χ1n) is 5.41. The van der Waals surface area contributed by atoms with Crippen LogP contribution in [-0.4, -0.2) is 33.6 Å². The largest absolute Gasteiger partial charge is 0.390 e. The van der Waals surface area contributed by atoms with Crippen molar-refractivity contribution in [1.82, 2.24) is 4.98 Å². The zero-order valence-corrected chi connectivity index (χ0v) is 9.89. The van der Waals surface area contributed by atoms with Crippen molar-refractivity contribution in [3.05, 3.63) is 40.0 Å². The molecule has 1 aromatic rings. The fourth-order valence-corrected chi connectivity index (χ4v) is 1.40. The Kier molecular flexibility index (Phi) is 5.26. The summed E-state index contributed by atoms with van der Waals surface area (Å²) in [5.74, 6) is -0.215. The lowest BCUT2D eigenvalue weighted by atomic mass is 10.1. The van der Waals surface area contributed by atoms with E-state index in [1.807, 2.05) is 0 Å². The molecular formula is C11H14N4O3. The standard InChI is InChI=1S/C11H14N4O3/c1-7(16)8-3-2-4-9(14-8)11(18)10(17)5-6-13-15-12/h2-4,10-11,17-18H,5-6H2,1H3. The molecule has 2 atom stereocenters. The molecule has 0 aliphatic carbocycles. The van der Waals surface area contributed by atoms with E-state index >= 15 is 0 Å². The van der Waals surface area contributed by atoms with Gasteiger partial charge in [0.25, 0.3) is 0 Å². The Hall–Kier alpha value is -1.95. The number of hydrogen-bond acceptors (Lipinski definition) is 5. The summed E-state index contributed by atoms with van der Waals surface area (Å²) >= 11 is 0. The van der Waals surface area contributed by atoms with E-state index < -0.39 is 12.2 Å². The molecule has 0 saturated carbocycles. The summed E-state index contributed by atoms with van der Waals surface area (Å²) in [6.45, 7) is 1.46. The minimum atomic E-state index is -1.21. The highest BCUT2D eigenvalue weighted by molar-refractivity contribution is 5.92. The summed E-state index contributed by atoms with van der Waals surface area (Å²) in [5.41, 5.74) is 8.55. The number of aromatic nitrogens is 1. The third kappa shape index (κ3) is 3.81. The van der Waals surface area contributed by atoms with Gasteiger partial charge in [0.15, 0.2) is 5.78 Å². The maximum Gasteiger partial charge on any atom is 0.178 e. The minimum Gasteiger partial charge on any atom is -0.390 e. The maximum absolute atomic E-state index is 11.1. The van der Waals surface area contributed by atoms with Crippen LogP contribution < -0.4 is 0 Å². The summed E-state index contributed by atoms with van der Waals surface area (Å²) in [6.07, 6.45) is -2.18. The van der Waals surface area contributed by atoms with Crippen LogP contribution in [-0.2, 0) is 0 Å². The van der Waals surface area contributed by atoms with Crippen LogP contribution >= 0.6 is 0 Å². The zero-order chi connectivity index (χ0) is 13.5. The zero-order valence-electron chi connectivity index (χ0n) is 9.89. The average molecular weight is 250 g/mol. The number of nitrogens with zero attached hydrogens (tertiary/aromatic N) is 4. The Balaban J connectivity index is 2.76. The molecule has 1 rings (SSSR count). The lowest BCUT2D eigenvalue weighted by Crippen LogP contribution is -2.20. The van der Waals surface area contributed by atoms with Gasteiger partial charge < -0.3 is 10.2 Å². The summed E-state index contributed by atoms with van der Waals surface area (Å²) in [4.78, 5) is 17.6. The topological polar surface area (TPSA) is 119 Å². The monoisotopic (exact) mass is 250 g/mol. The molecule has 0 bridgehead atoms. The number of aliphatic hydroxyl groups is 2. The number of aliphatic hydroxyl groups excluding tert-OH is 2. The van der Waals surface area contributed by atoms with Gasteiger partial charge in [-0.1, -0.05) is 11.2 Å². The number of ketones is 1. The van der Waals surface area contributed by atoms with E-state index in [1.54, 1.807) is 6.07 Å². The number of Topliss-reactive ketones (excluding diaryl/α,β-unsaturated/α-hetero) is 1. The Morgan fingerprint density at radius 3 is 2.89 bits per heavy atom. The van der Waals surface area contributed by atoms with Crippen molar-refractivity contribution in [2.75, 3.05) is 6.54 Å². The molecule has 0 radical (unpaired) electrons. The third-order valence-corrected chi connectivity index (χ3v) is 2.39. The summed E-state index contributed by atoms with van der Waals surface area (Å²) in [6, 6.07) is 4.64. The highest BCUT2D eigenvalue weighted by atomic mass is 16.3. The molecule has 0 aliphatic heterocycles. The predicted octanol–water partition coefficient (Wildman–Crippen LogP) is 1.38. The summed E-state index contributed by atoms with van der Waals surface area (Å²) in [5, 5.41) is 22.8. The van der Waals surface area contributed by atoms with Crippen molar-refractivity contribution in [2.24, 2.45) is 5.11 Å². The second-order valence-electron chi connectivity index (χ2n) is 3.76. The van der Waals surface area contributed by atoms with Crippen molar-refractivity contribution >= 4 is 5.78 Å². The molecule has 18 heavy (non-hydrogen) atoms. The van der Waals surface area contributed by atoms with Crippen LogP contribution in [0.3, 0.4) is 0 Å². The van der Waals surface area contributed by atoms with Gasteiger partial charge in [-0.15, -0.1) is 0 Å². The fourth-order valence-electron chi connectivity index (χ4n) is 1.40. The van der Waals surface area contributed by atoms with Gasteiger partial charge in [-0.25, -0.2) is 4.98 Å². The third-order valence-electron chi connectivity index (χ3n) is 2.39. The van der Waals surface area contributed by atoms with Crippen LogP contribution in [0.1, 0.15) is 35.6 Å². The van der Waals surface area contributed by atoms with E-state index in [-0.39, 0.29) is 30.1 Å². The highest BCUT2D eigenvalue weighted by Gasteiger charge is 2.19. The van der Waals surface area contributed by atoms with Gasteiger partial charge in [0.05, 0.1) is 11.8 Å². The maximum atomic E-state index is 11.1. The molecule has 0 spiro atoms. The van der Waals surface area contributed by atoms with E-state index in [9.17, 15) is 15.0 Å².